The van der Waals surface area contributed by atoms with Crippen molar-refractivity contribution < 1.29 is 0 Å². The van der Waals surface area contributed by atoms with Crippen LogP contribution in [0.5, 0.6) is 0 Å². The first-order valence-corrected chi connectivity index (χ1v) is 5.28. The van der Waals surface area contributed by atoms with Crippen molar-refractivity contribution in [3.05, 3.63) is 42.0 Å². The van der Waals surface area contributed by atoms with Crippen molar-refractivity contribution >= 4 is 18.5 Å². The van der Waals surface area contributed by atoms with Crippen LogP contribution in [0.15, 0.2) is 36.4 Å². The van der Waals surface area contributed by atoms with E-state index in [-0.39, 0.29) is 12.4 Å². The van der Waals surface area contributed by atoms with Gasteiger partial charge in [-0.1, -0.05) is 49.4 Å². The molecule has 1 N–H and O–H groups in total. The highest BCUT2D eigenvalue weighted by atomic mass is 35.5. The fourth-order valence-electron chi connectivity index (χ4n) is 1.17. The van der Waals surface area contributed by atoms with Crippen LogP contribution in [0.3, 0.4) is 0 Å². The summed E-state index contributed by atoms with van der Waals surface area (Å²) in [6.45, 7) is 5.35. The van der Waals surface area contributed by atoms with Crippen molar-refractivity contribution in [3.63, 3.8) is 0 Å². The zero-order valence-electron chi connectivity index (χ0n) is 9.44. The highest BCUT2D eigenvalue weighted by Crippen LogP contribution is 2.00. The topological polar surface area (TPSA) is 12.0 Å². The summed E-state index contributed by atoms with van der Waals surface area (Å²) in [4.78, 5) is 0. The van der Waals surface area contributed by atoms with Gasteiger partial charge in [-0.25, -0.2) is 0 Å². The summed E-state index contributed by atoms with van der Waals surface area (Å²) in [6, 6.07) is 11.0. The van der Waals surface area contributed by atoms with E-state index in [1.54, 1.807) is 0 Å². The Labute approximate surface area is 99.0 Å². The number of halogens is 1. The first kappa shape index (κ1) is 14.2. The number of rotatable bonds is 5. The molecule has 84 valence electrons. The van der Waals surface area contributed by atoms with Crippen molar-refractivity contribution in [2.75, 3.05) is 6.54 Å². The summed E-state index contributed by atoms with van der Waals surface area (Å²) in [5.41, 5.74) is 1.26. The van der Waals surface area contributed by atoms with Crippen LogP contribution in [0, 0.1) is 0 Å². The van der Waals surface area contributed by atoms with E-state index in [1.807, 2.05) is 6.07 Å². The predicted molar refractivity (Wildman–Crippen MR) is 70.5 cm³/mol. The van der Waals surface area contributed by atoms with E-state index in [9.17, 15) is 0 Å². The molecule has 0 fully saturated rings. The zero-order chi connectivity index (χ0) is 10.2. The molecule has 0 saturated carbocycles. The van der Waals surface area contributed by atoms with Crippen LogP contribution >= 0.6 is 12.4 Å². The molecule has 0 aliphatic carbocycles. The van der Waals surface area contributed by atoms with Gasteiger partial charge in [0.05, 0.1) is 0 Å². The van der Waals surface area contributed by atoms with Gasteiger partial charge in [-0.2, -0.15) is 0 Å². The molecular formula is C13H20ClN. The summed E-state index contributed by atoms with van der Waals surface area (Å²) in [5, 5.41) is 3.42. The maximum absolute atomic E-state index is 3.42. The van der Waals surface area contributed by atoms with Crippen LogP contribution < -0.4 is 5.32 Å². The first-order chi connectivity index (χ1) is 6.83. The van der Waals surface area contributed by atoms with Crippen LogP contribution in [0.4, 0.5) is 0 Å². The third kappa shape index (κ3) is 6.32. The molecule has 0 aromatic heterocycles. The largest absolute Gasteiger partial charge is 0.311 e. The average Bonchev–Trinajstić information content (AvgIpc) is 2.25. The highest BCUT2D eigenvalue weighted by Gasteiger charge is 1.92. The summed E-state index contributed by atoms with van der Waals surface area (Å²) in [7, 11) is 0. The Morgan fingerprint density at radius 1 is 1.27 bits per heavy atom. The number of hydrogen-bond acceptors (Lipinski definition) is 1. The SMILES string of the molecule is CCC(C)NCC=Cc1ccccc1.Cl. The third-order valence-corrected chi connectivity index (χ3v) is 2.31. The van der Waals surface area contributed by atoms with E-state index in [4.69, 9.17) is 0 Å². The summed E-state index contributed by atoms with van der Waals surface area (Å²) >= 11 is 0. The van der Waals surface area contributed by atoms with Gasteiger partial charge in [-0.3, -0.25) is 0 Å². The predicted octanol–water partition coefficient (Wildman–Crippen LogP) is 3.51. The van der Waals surface area contributed by atoms with Crippen molar-refractivity contribution in [1.29, 1.82) is 0 Å². The van der Waals surface area contributed by atoms with Gasteiger partial charge < -0.3 is 5.32 Å². The second-order valence-corrected chi connectivity index (χ2v) is 3.53. The lowest BCUT2D eigenvalue weighted by Crippen LogP contribution is -2.24. The summed E-state index contributed by atoms with van der Waals surface area (Å²) in [6.07, 6.45) is 5.50. The van der Waals surface area contributed by atoms with Crippen molar-refractivity contribution in [3.8, 4) is 0 Å². The molecule has 1 nitrogen and oxygen atoms in total. The molecule has 2 heteroatoms. The van der Waals surface area contributed by atoms with Crippen molar-refractivity contribution in [2.45, 2.75) is 26.3 Å². The molecule has 0 amide bonds. The Kier molecular flexibility index (Phi) is 8.06. The maximum Gasteiger partial charge on any atom is 0.0140 e. The second kappa shape index (κ2) is 8.51. The normalized spacial score (nSPS) is 12.4. The second-order valence-electron chi connectivity index (χ2n) is 3.53. The lowest BCUT2D eigenvalue weighted by Gasteiger charge is -2.07. The standard InChI is InChI=1S/C13H19N.ClH/c1-3-12(2)14-11-7-10-13-8-5-4-6-9-13;/h4-10,12,14H,3,11H2,1-2H3;1H. The van der Waals surface area contributed by atoms with Gasteiger partial charge in [0, 0.05) is 12.6 Å². The molecule has 0 heterocycles. The minimum atomic E-state index is 0. The fraction of sp³-hybridized carbons (Fsp3) is 0.385. The van der Waals surface area contributed by atoms with Gasteiger partial charge in [-0.15, -0.1) is 12.4 Å². The van der Waals surface area contributed by atoms with Crippen LogP contribution in [-0.4, -0.2) is 12.6 Å². The Morgan fingerprint density at radius 2 is 1.93 bits per heavy atom. The van der Waals surface area contributed by atoms with Gasteiger partial charge in [0.1, 0.15) is 0 Å². The van der Waals surface area contributed by atoms with Gasteiger partial charge in [-0.05, 0) is 18.9 Å². The van der Waals surface area contributed by atoms with E-state index < -0.39 is 0 Å². The fourth-order valence-corrected chi connectivity index (χ4v) is 1.17. The maximum atomic E-state index is 3.42. The zero-order valence-corrected chi connectivity index (χ0v) is 10.3. The van der Waals surface area contributed by atoms with E-state index >= 15 is 0 Å². The molecule has 0 radical (unpaired) electrons. The van der Waals surface area contributed by atoms with E-state index in [0.29, 0.717) is 6.04 Å². The van der Waals surface area contributed by atoms with Gasteiger partial charge in [0.15, 0.2) is 0 Å². The van der Waals surface area contributed by atoms with E-state index in [2.05, 4.69) is 55.6 Å². The molecule has 1 unspecified atom stereocenters. The number of hydrogen-bond donors (Lipinski definition) is 1. The molecule has 1 aromatic rings. The lowest BCUT2D eigenvalue weighted by molar-refractivity contribution is 0.568. The Balaban J connectivity index is 0.00000196. The molecule has 1 rings (SSSR count). The molecular weight excluding hydrogens is 206 g/mol. The highest BCUT2D eigenvalue weighted by molar-refractivity contribution is 5.85. The van der Waals surface area contributed by atoms with Gasteiger partial charge in [0.2, 0.25) is 0 Å². The number of nitrogens with one attached hydrogen (secondary N) is 1. The van der Waals surface area contributed by atoms with Crippen molar-refractivity contribution in [1.82, 2.24) is 5.32 Å². The Hall–Kier alpha value is -0.790. The summed E-state index contributed by atoms with van der Waals surface area (Å²) in [5.74, 6) is 0. The lowest BCUT2D eigenvalue weighted by atomic mass is 10.2. The molecule has 0 aliphatic heterocycles. The minimum Gasteiger partial charge on any atom is -0.311 e. The molecule has 0 aliphatic rings. The number of benzene rings is 1. The Bertz CT molecular complexity index is 269. The molecule has 0 spiro atoms. The molecule has 15 heavy (non-hydrogen) atoms. The van der Waals surface area contributed by atoms with E-state index in [1.165, 1.54) is 12.0 Å². The van der Waals surface area contributed by atoms with Crippen LogP contribution in [-0.2, 0) is 0 Å². The molecule has 1 aromatic carbocycles. The first-order valence-electron chi connectivity index (χ1n) is 5.28. The average molecular weight is 226 g/mol. The molecule has 0 saturated heterocycles. The quantitative estimate of drug-likeness (QED) is 0.809. The monoisotopic (exact) mass is 225 g/mol. The minimum absolute atomic E-state index is 0. The van der Waals surface area contributed by atoms with Crippen LogP contribution in [0.2, 0.25) is 0 Å². The van der Waals surface area contributed by atoms with Crippen LogP contribution in [0.25, 0.3) is 6.08 Å². The molecule has 0 bridgehead atoms. The van der Waals surface area contributed by atoms with E-state index in [0.717, 1.165) is 6.54 Å². The molecule has 1 atom stereocenters. The summed E-state index contributed by atoms with van der Waals surface area (Å²) < 4.78 is 0. The Morgan fingerprint density at radius 3 is 2.53 bits per heavy atom. The van der Waals surface area contributed by atoms with Crippen molar-refractivity contribution in [2.24, 2.45) is 0 Å². The van der Waals surface area contributed by atoms with Gasteiger partial charge in [0.25, 0.3) is 0 Å². The van der Waals surface area contributed by atoms with Gasteiger partial charge >= 0.3 is 0 Å². The smallest absolute Gasteiger partial charge is 0.0140 e. The third-order valence-electron chi connectivity index (χ3n) is 2.31. The van der Waals surface area contributed by atoms with Crippen LogP contribution in [0.1, 0.15) is 25.8 Å².